The highest BCUT2D eigenvalue weighted by Gasteiger charge is 2.35. The molecular weight excluding hydrogens is 325 g/mol. The number of aromatic nitrogens is 2. The van der Waals surface area contributed by atoms with Gasteiger partial charge >= 0.3 is 0 Å². The summed E-state index contributed by atoms with van der Waals surface area (Å²) >= 11 is 5.92. The Morgan fingerprint density at radius 3 is 2.77 bits per heavy atom. The summed E-state index contributed by atoms with van der Waals surface area (Å²) in [7, 11) is 0. The molecule has 1 aromatic carbocycles. The predicted molar refractivity (Wildman–Crippen MR) is 86.4 cm³/mol. The zero-order valence-electron chi connectivity index (χ0n) is 12.3. The Morgan fingerprint density at radius 2 is 2.09 bits per heavy atom. The molecule has 0 bridgehead atoms. The molecular formula is C15H19Cl2N3O2. The Morgan fingerprint density at radius 1 is 1.36 bits per heavy atom. The molecule has 7 heteroatoms. The first-order valence-electron chi connectivity index (χ1n) is 7.08. The van der Waals surface area contributed by atoms with Crippen LogP contribution in [0.4, 0.5) is 0 Å². The predicted octanol–water partition coefficient (Wildman–Crippen LogP) is 3.76. The maximum atomic E-state index is 6.30. The first kappa shape index (κ1) is 17.1. The van der Waals surface area contributed by atoms with Gasteiger partial charge in [0.15, 0.2) is 12.4 Å². The van der Waals surface area contributed by atoms with Gasteiger partial charge < -0.3 is 15.0 Å². The molecule has 2 N–H and O–H groups in total. The van der Waals surface area contributed by atoms with Crippen molar-refractivity contribution >= 4 is 24.0 Å². The second kappa shape index (κ2) is 6.86. The van der Waals surface area contributed by atoms with E-state index in [1.165, 1.54) is 0 Å². The van der Waals surface area contributed by atoms with E-state index in [0.717, 1.165) is 37.0 Å². The van der Waals surface area contributed by atoms with Crippen molar-refractivity contribution < 1.29 is 9.26 Å². The smallest absolute Gasteiger partial charge is 0.264 e. The summed E-state index contributed by atoms with van der Waals surface area (Å²) < 4.78 is 10.9. The Kier molecular flexibility index (Phi) is 5.32. The van der Waals surface area contributed by atoms with Crippen LogP contribution in [-0.4, -0.2) is 10.1 Å². The normalized spacial score (nSPS) is 16.3. The number of hydrogen-bond acceptors (Lipinski definition) is 5. The molecule has 3 rings (SSSR count). The molecule has 0 unspecified atom stereocenters. The minimum Gasteiger partial charge on any atom is -0.483 e. The van der Waals surface area contributed by atoms with Crippen LogP contribution in [0.5, 0.6) is 5.75 Å². The summed E-state index contributed by atoms with van der Waals surface area (Å²) in [6.45, 7) is 2.17. The van der Waals surface area contributed by atoms with E-state index in [-0.39, 0.29) is 19.0 Å². The molecule has 1 aliphatic carbocycles. The number of nitrogens with two attached hydrogens (primary N) is 1. The van der Waals surface area contributed by atoms with Gasteiger partial charge in [0.25, 0.3) is 5.89 Å². The summed E-state index contributed by atoms with van der Waals surface area (Å²) in [4.78, 5) is 4.37. The highest BCUT2D eigenvalue weighted by atomic mass is 35.5. The van der Waals surface area contributed by atoms with Gasteiger partial charge in [-0.05, 0) is 43.5 Å². The molecule has 1 saturated carbocycles. The Bertz CT molecular complexity index is 639. The second-order valence-corrected chi connectivity index (χ2v) is 6.01. The molecule has 0 saturated heterocycles. The molecule has 1 aromatic heterocycles. The molecule has 120 valence electrons. The van der Waals surface area contributed by atoms with Crippen LogP contribution < -0.4 is 10.5 Å². The van der Waals surface area contributed by atoms with E-state index in [0.29, 0.717) is 16.7 Å². The zero-order chi connectivity index (χ0) is 14.9. The third kappa shape index (κ3) is 3.54. The number of nitrogens with zero attached hydrogens (tertiary/aromatic N) is 2. The van der Waals surface area contributed by atoms with Gasteiger partial charge in [-0.25, -0.2) is 0 Å². The van der Waals surface area contributed by atoms with Crippen LogP contribution in [0.15, 0.2) is 22.7 Å². The number of hydrogen-bond donors (Lipinski definition) is 1. The second-order valence-electron chi connectivity index (χ2n) is 5.57. The summed E-state index contributed by atoms with van der Waals surface area (Å²) in [5, 5.41) is 4.69. The number of rotatable bonds is 4. The van der Waals surface area contributed by atoms with Crippen molar-refractivity contribution in [1.29, 1.82) is 0 Å². The van der Waals surface area contributed by atoms with Gasteiger partial charge in [0.2, 0.25) is 0 Å². The number of halogens is 2. The Labute approximate surface area is 140 Å². The minimum absolute atomic E-state index is 0. The Hall–Kier alpha value is -1.30. The number of aryl methyl sites for hydroxylation is 1. The summed E-state index contributed by atoms with van der Waals surface area (Å²) in [6, 6.07) is 5.47. The van der Waals surface area contributed by atoms with E-state index in [1.54, 1.807) is 6.07 Å². The van der Waals surface area contributed by atoms with E-state index in [2.05, 4.69) is 10.1 Å². The fraction of sp³-hybridized carbons (Fsp3) is 0.467. The molecule has 0 aliphatic heterocycles. The summed E-state index contributed by atoms with van der Waals surface area (Å²) in [5.41, 5.74) is 6.83. The van der Waals surface area contributed by atoms with Crippen LogP contribution in [0.1, 0.15) is 43.0 Å². The van der Waals surface area contributed by atoms with E-state index < -0.39 is 5.54 Å². The van der Waals surface area contributed by atoms with Crippen molar-refractivity contribution in [3.8, 4) is 5.75 Å². The highest BCUT2D eigenvalue weighted by molar-refractivity contribution is 6.30. The molecule has 2 aromatic rings. The highest BCUT2D eigenvalue weighted by Crippen LogP contribution is 2.34. The van der Waals surface area contributed by atoms with Gasteiger partial charge in [0.1, 0.15) is 5.75 Å². The van der Waals surface area contributed by atoms with Crippen LogP contribution in [-0.2, 0) is 12.1 Å². The molecule has 0 spiro atoms. The van der Waals surface area contributed by atoms with Gasteiger partial charge in [-0.2, -0.15) is 4.98 Å². The van der Waals surface area contributed by atoms with Gasteiger partial charge in [0, 0.05) is 5.02 Å². The lowest BCUT2D eigenvalue weighted by Crippen LogP contribution is -2.34. The average molecular weight is 344 g/mol. The van der Waals surface area contributed by atoms with Gasteiger partial charge in [-0.3, -0.25) is 0 Å². The standard InChI is InChI=1S/C15H18ClN3O2.ClH/c1-10-8-11(16)4-5-12(10)20-9-13-18-14(19-21-13)15(17)6-2-3-7-15;/h4-5,8H,2-3,6-7,9,17H2,1H3;1H. The fourth-order valence-corrected chi connectivity index (χ4v) is 2.89. The Balaban J connectivity index is 0.00000176. The van der Waals surface area contributed by atoms with Gasteiger partial charge in [0.05, 0.1) is 5.54 Å². The van der Waals surface area contributed by atoms with Crippen molar-refractivity contribution in [3.05, 3.63) is 40.5 Å². The van der Waals surface area contributed by atoms with Crippen molar-refractivity contribution in [2.45, 2.75) is 44.8 Å². The topological polar surface area (TPSA) is 74.2 Å². The minimum atomic E-state index is -0.433. The van der Waals surface area contributed by atoms with Gasteiger partial charge in [-0.15, -0.1) is 12.4 Å². The largest absolute Gasteiger partial charge is 0.483 e. The van der Waals surface area contributed by atoms with Crippen LogP contribution in [0.25, 0.3) is 0 Å². The van der Waals surface area contributed by atoms with Crippen LogP contribution >= 0.6 is 24.0 Å². The molecule has 0 amide bonds. The number of ether oxygens (including phenoxy) is 1. The molecule has 22 heavy (non-hydrogen) atoms. The third-order valence-electron chi connectivity index (χ3n) is 3.90. The maximum absolute atomic E-state index is 6.30. The van der Waals surface area contributed by atoms with Crippen molar-refractivity contribution in [2.75, 3.05) is 0 Å². The van der Waals surface area contributed by atoms with Crippen LogP contribution in [0.2, 0.25) is 5.02 Å². The monoisotopic (exact) mass is 343 g/mol. The van der Waals surface area contributed by atoms with Crippen LogP contribution in [0.3, 0.4) is 0 Å². The van der Waals surface area contributed by atoms with Crippen molar-refractivity contribution in [3.63, 3.8) is 0 Å². The van der Waals surface area contributed by atoms with E-state index in [1.807, 2.05) is 19.1 Å². The molecule has 1 heterocycles. The van der Waals surface area contributed by atoms with E-state index in [9.17, 15) is 0 Å². The summed E-state index contributed by atoms with van der Waals surface area (Å²) in [5.74, 6) is 1.78. The third-order valence-corrected chi connectivity index (χ3v) is 4.13. The molecule has 0 atom stereocenters. The SMILES string of the molecule is Cc1cc(Cl)ccc1OCc1nc(C2(N)CCCC2)no1.Cl. The van der Waals surface area contributed by atoms with Crippen molar-refractivity contribution in [1.82, 2.24) is 10.1 Å². The molecule has 1 fully saturated rings. The molecule has 1 aliphatic rings. The average Bonchev–Trinajstić information content (AvgIpc) is 3.08. The lowest BCUT2D eigenvalue weighted by Gasteiger charge is -2.17. The van der Waals surface area contributed by atoms with Crippen molar-refractivity contribution in [2.24, 2.45) is 5.73 Å². The maximum Gasteiger partial charge on any atom is 0.264 e. The van der Waals surface area contributed by atoms with Gasteiger partial charge in [-0.1, -0.05) is 29.6 Å². The van der Waals surface area contributed by atoms with E-state index >= 15 is 0 Å². The zero-order valence-corrected chi connectivity index (χ0v) is 13.9. The number of benzene rings is 1. The molecule has 0 radical (unpaired) electrons. The first-order chi connectivity index (χ1) is 10.1. The summed E-state index contributed by atoms with van der Waals surface area (Å²) in [6.07, 6.45) is 4.04. The van der Waals surface area contributed by atoms with E-state index in [4.69, 9.17) is 26.6 Å². The van der Waals surface area contributed by atoms with Crippen LogP contribution in [0, 0.1) is 6.92 Å². The first-order valence-corrected chi connectivity index (χ1v) is 7.45. The lowest BCUT2D eigenvalue weighted by molar-refractivity contribution is 0.240. The lowest BCUT2D eigenvalue weighted by atomic mass is 9.99. The quantitative estimate of drug-likeness (QED) is 0.914. The molecule has 5 nitrogen and oxygen atoms in total. The fourth-order valence-electron chi connectivity index (χ4n) is 2.66.